The van der Waals surface area contributed by atoms with E-state index in [9.17, 15) is 19.2 Å². The van der Waals surface area contributed by atoms with Crippen molar-refractivity contribution in [1.82, 2.24) is 0 Å². The number of carbonyl (C=O) groups excluding carboxylic acids is 4. The van der Waals surface area contributed by atoms with Crippen molar-refractivity contribution in [3.8, 4) is 0 Å². The molecule has 2 bridgehead atoms. The molecule has 0 N–H and O–H groups in total. The Hall–Kier alpha value is -4.06. The third-order valence-electron chi connectivity index (χ3n) is 8.03. The first-order valence-corrected chi connectivity index (χ1v) is 12.3. The number of benzene rings is 3. The molecule has 2 saturated carbocycles. The molecule has 1 aliphatic heterocycles. The zero-order valence-corrected chi connectivity index (χ0v) is 19.6. The van der Waals surface area contributed by atoms with Gasteiger partial charge in [0, 0.05) is 5.56 Å². The van der Waals surface area contributed by atoms with Gasteiger partial charge in [-0.2, -0.15) is 0 Å². The molecule has 1 saturated heterocycles. The van der Waals surface area contributed by atoms with Gasteiger partial charge in [0.1, 0.15) is 0 Å². The van der Waals surface area contributed by atoms with Gasteiger partial charge in [0.2, 0.25) is 11.8 Å². The molecule has 0 aromatic heterocycles. The van der Waals surface area contributed by atoms with E-state index in [-0.39, 0.29) is 53.4 Å². The van der Waals surface area contributed by atoms with Crippen molar-refractivity contribution in [2.75, 3.05) is 11.5 Å². The Morgan fingerprint density at radius 1 is 0.750 bits per heavy atom. The lowest BCUT2D eigenvalue weighted by Crippen LogP contribution is -2.33. The number of anilines is 1. The van der Waals surface area contributed by atoms with E-state index in [1.54, 1.807) is 42.5 Å². The van der Waals surface area contributed by atoms with Crippen LogP contribution in [-0.4, -0.2) is 30.2 Å². The van der Waals surface area contributed by atoms with E-state index in [1.807, 2.05) is 18.2 Å². The lowest BCUT2D eigenvalue weighted by atomic mass is 9.73. The van der Waals surface area contributed by atoms with Crippen molar-refractivity contribution >= 4 is 29.3 Å². The summed E-state index contributed by atoms with van der Waals surface area (Å²) in [6, 6.07) is 25.2. The number of fused-ring (bicyclic) bond motifs is 5. The lowest BCUT2D eigenvalue weighted by Gasteiger charge is -2.28. The molecule has 6 nitrogen and oxygen atoms in total. The van der Waals surface area contributed by atoms with Gasteiger partial charge in [-0.05, 0) is 60.4 Å². The maximum absolute atomic E-state index is 13.5. The fourth-order valence-electron chi connectivity index (χ4n) is 6.47. The first-order valence-electron chi connectivity index (χ1n) is 12.3. The number of rotatable bonds is 6. The van der Waals surface area contributed by atoms with Crippen molar-refractivity contribution in [3.05, 3.63) is 102 Å². The summed E-state index contributed by atoms with van der Waals surface area (Å²) in [5, 5.41) is 0. The monoisotopic (exact) mass is 479 g/mol. The average molecular weight is 480 g/mol. The molecule has 2 amide bonds. The predicted molar refractivity (Wildman–Crippen MR) is 132 cm³/mol. The van der Waals surface area contributed by atoms with Gasteiger partial charge in [-0.25, -0.2) is 4.79 Å². The molecule has 2 aliphatic carbocycles. The van der Waals surface area contributed by atoms with E-state index in [4.69, 9.17) is 4.74 Å². The highest BCUT2D eigenvalue weighted by Gasteiger charge is 2.64. The molecule has 3 aromatic rings. The zero-order valence-electron chi connectivity index (χ0n) is 19.6. The van der Waals surface area contributed by atoms with Crippen LogP contribution in [0.5, 0.6) is 0 Å². The summed E-state index contributed by atoms with van der Waals surface area (Å²) in [4.78, 5) is 52.7. The normalized spacial score (nSPS) is 26.2. The molecule has 6 rings (SSSR count). The smallest absolute Gasteiger partial charge is 0.338 e. The number of amides is 2. The van der Waals surface area contributed by atoms with Crippen molar-refractivity contribution in [3.63, 3.8) is 0 Å². The minimum atomic E-state index is -0.634. The summed E-state index contributed by atoms with van der Waals surface area (Å²) in [6.07, 6.45) is 1.86. The molecule has 0 unspecified atom stereocenters. The molecule has 3 aliphatic rings. The second-order valence-corrected chi connectivity index (χ2v) is 9.89. The fourth-order valence-corrected chi connectivity index (χ4v) is 6.47. The Labute approximate surface area is 208 Å². The average Bonchev–Trinajstić information content (AvgIpc) is 3.59. The predicted octanol–water partition coefficient (Wildman–Crippen LogP) is 4.66. The molecule has 3 aromatic carbocycles. The number of carbonyl (C=O) groups is 4. The summed E-state index contributed by atoms with van der Waals surface area (Å²) in [6.45, 7) is -0.359. The van der Waals surface area contributed by atoms with E-state index in [2.05, 4.69) is 12.1 Å². The van der Waals surface area contributed by atoms with Gasteiger partial charge in [-0.3, -0.25) is 19.3 Å². The van der Waals surface area contributed by atoms with Crippen LogP contribution in [0.3, 0.4) is 0 Å². The van der Waals surface area contributed by atoms with Crippen LogP contribution >= 0.6 is 0 Å². The number of hydrogen-bond donors (Lipinski definition) is 0. The molecule has 1 heterocycles. The van der Waals surface area contributed by atoms with Crippen LogP contribution in [0.1, 0.15) is 45.0 Å². The highest BCUT2D eigenvalue weighted by molar-refractivity contribution is 6.22. The summed E-state index contributed by atoms with van der Waals surface area (Å²) < 4.78 is 5.17. The van der Waals surface area contributed by atoms with Gasteiger partial charge in [-0.15, -0.1) is 0 Å². The number of ketones is 1. The van der Waals surface area contributed by atoms with Gasteiger partial charge in [0.25, 0.3) is 0 Å². The van der Waals surface area contributed by atoms with Gasteiger partial charge >= 0.3 is 5.97 Å². The van der Waals surface area contributed by atoms with E-state index in [1.165, 1.54) is 22.6 Å². The Bertz CT molecular complexity index is 1330. The summed E-state index contributed by atoms with van der Waals surface area (Å²) in [5.41, 5.74) is 2.44. The standard InChI is InChI=1S/C30H25NO5/c32-25(19-9-5-2-6-10-19)17-36-30(35)20-11-13-22(14-12-20)31-28(33)26-21-15-23(18-7-3-1-4-8-18)24(16-21)27(26)29(31)34/h1-14,21,23-24,26-27H,15-17H2/t21-,23+,24+,26+,27+/m0/s1. The van der Waals surface area contributed by atoms with Gasteiger partial charge in [0.05, 0.1) is 23.1 Å². The summed E-state index contributed by atoms with van der Waals surface area (Å²) in [5.74, 6) is -1.01. The molecule has 36 heavy (non-hydrogen) atoms. The maximum Gasteiger partial charge on any atom is 0.338 e. The van der Waals surface area contributed by atoms with E-state index in [0.29, 0.717) is 17.2 Å². The Balaban J connectivity index is 1.14. The minimum absolute atomic E-state index is 0.132. The highest BCUT2D eigenvalue weighted by Crippen LogP contribution is 2.61. The number of hydrogen-bond acceptors (Lipinski definition) is 5. The second-order valence-electron chi connectivity index (χ2n) is 9.89. The van der Waals surface area contributed by atoms with Crippen LogP contribution in [0, 0.1) is 23.7 Å². The van der Waals surface area contributed by atoms with E-state index >= 15 is 0 Å². The van der Waals surface area contributed by atoms with Crippen molar-refractivity contribution in [2.45, 2.75) is 18.8 Å². The highest BCUT2D eigenvalue weighted by atomic mass is 16.5. The van der Waals surface area contributed by atoms with Gasteiger partial charge in [-0.1, -0.05) is 60.7 Å². The third kappa shape index (κ3) is 3.65. The largest absolute Gasteiger partial charge is 0.454 e. The number of ether oxygens (including phenoxy) is 1. The Kier molecular flexibility index (Phi) is 5.52. The van der Waals surface area contributed by atoms with Gasteiger partial charge in [0.15, 0.2) is 12.4 Å². The Morgan fingerprint density at radius 3 is 2.08 bits per heavy atom. The van der Waals surface area contributed by atoms with Crippen molar-refractivity contribution in [1.29, 1.82) is 0 Å². The number of Topliss-reactive ketones (excluding diaryl/α,β-unsaturated/α-hetero) is 1. The molecule has 5 atom stereocenters. The first-order chi connectivity index (χ1) is 17.5. The van der Waals surface area contributed by atoms with E-state index < -0.39 is 5.97 Å². The first kappa shape index (κ1) is 22.4. The molecular formula is C30H25NO5. The van der Waals surface area contributed by atoms with E-state index in [0.717, 1.165) is 12.8 Å². The minimum Gasteiger partial charge on any atom is -0.454 e. The van der Waals surface area contributed by atoms with Crippen LogP contribution in [-0.2, 0) is 14.3 Å². The Morgan fingerprint density at radius 2 is 1.39 bits per heavy atom. The molecule has 180 valence electrons. The molecule has 0 spiro atoms. The zero-order chi connectivity index (χ0) is 24.8. The number of esters is 1. The van der Waals surface area contributed by atoms with Crippen LogP contribution in [0.4, 0.5) is 5.69 Å². The number of imide groups is 1. The van der Waals surface area contributed by atoms with Crippen LogP contribution in [0.15, 0.2) is 84.9 Å². The quantitative estimate of drug-likeness (QED) is 0.292. The summed E-state index contributed by atoms with van der Waals surface area (Å²) in [7, 11) is 0. The van der Waals surface area contributed by atoms with Crippen LogP contribution < -0.4 is 4.90 Å². The van der Waals surface area contributed by atoms with Crippen LogP contribution in [0.25, 0.3) is 0 Å². The molecular weight excluding hydrogens is 454 g/mol. The van der Waals surface area contributed by atoms with Gasteiger partial charge < -0.3 is 4.74 Å². The van der Waals surface area contributed by atoms with Crippen molar-refractivity contribution in [2.24, 2.45) is 23.7 Å². The molecule has 6 heteroatoms. The fraction of sp³-hybridized carbons (Fsp3) is 0.267. The molecule has 3 fully saturated rings. The summed E-state index contributed by atoms with van der Waals surface area (Å²) >= 11 is 0. The second kappa shape index (κ2) is 8.86. The van der Waals surface area contributed by atoms with Crippen molar-refractivity contribution < 1.29 is 23.9 Å². The topological polar surface area (TPSA) is 80.8 Å². The SMILES string of the molecule is O=C(COC(=O)c1ccc(N2C(=O)[C@@H]3[C@@H]4C[C@@H]([C@H]3C2=O)[C@@H](c2ccccc2)C4)cc1)c1ccccc1. The third-order valence-corrected chi connectivity index (χ3v) is 8.03. The van der Waals surface area contributed by atoms with Crippen LogP contribution in [0.2, 0.25) is 0 Å². The maximum atomic E-state index is 13.5. The lowest BCUT2D eigenvalue weighted by molar-refractivity contribution is -0.123. The molecule has 0 radical (unpaired) electrons. The number of nitrogens with zero attached hydrogens (tertiary/aromatic N) is 1.